The van der Waals surface area contributed by atoms with Crippen LogP contribution in [0.2, 0.25) is 0 Å². The van der Waals surface area contributed by atoms with Crippen LogP contribution >= 0.6 is 0 Å². The van der Waals surface area contributed by atoms with E-state index in [0.717, 1.165) is 16.6 Å². The third-order valence-electron chi connectivity index (χ3n) is 5.91. The maximum Gasteiger partial charge on any atom is 0.243 e. The number of fused-ring (bicyclic) bond motifs is 1. The summed E-state index contributed by atoms with van der Waals surface area (Å²) in [6.45, 7) is 7.03. The monoisotopic (exact) mass is 455 g/mol. The second kappa shape index (κ2) is 8.99. The topological polar surface area (TPSA) is 97.2 Å². The van der Waals surface area contributed by atoms with E-state index in [1.807, 2.05) is 45.0 Å². The van der Waals surface area contributed by atoms with Gasteiger partial charge in [-0.1, -0.05) is 35.0 Å². The smallest absolute Gasteiger partial charge is 0.243 e. The number of aromatic nitrogens is 3. The number of carbonyl (C=O) groups is 1. The Morgan fingerprint density at radius 2 is 1.94 bits per heavy atom. The van der Waals surface area contributed by atoms with Crippen LogP contribution in [0.3, 0.4) is 0 Å². The van der Waals surface area contributed by atoms with E-state index < -0.39 is 10.0 Å². The summed E-state index contributed by atoms with van der Waals surface area (Å²) in [6, 6.07) is 13.0. The third kappa shape index (κ3) is 4.54. The van der Waals surface area contributed by atoms with Crippen molar-refractivity contribution in [2.24, 2.45) is 5.92 Å². The number of benzene rings is 2. The maximum absolute atomic E-state index is 13.3. The molecule has 1 fully saturated rings. The van der Waals surface area contributed by atoms with Crippen LogP contribution in [-0.2, 0) is 21.4 Å². The van der Waals surface area contributed by atoms with E-state index in [0.29, 0.717) is 31.4 Å². The Labute approximate surface area is 188 Å². The van der Waals surface area contributed by atoms with Gasteiger partial charge < -0.3 is 5.32 Å². The van der Waals surface area contributed by atoms with Crippen molar-refractivity contribution in [2.75, 3.05) is 13.1 Å². The molecule has 0 spiro atoms. The molecule has 1 aliphatic heterocycles. The Morgan fingerprint density at radius 3 is 2.66 bits per heavy atom. The number of sulfonamides is 1. The molecule has 0 bridgehead atoms. The summed E-state index contributed by atoms with van der Waals surface area (Å²) in [5.41, 5.74) is 3.53. The van der Waals surface area contributed by atoms with Crippen molar-refractivity contribution < 1.29 is 13.2 Å². The van der Waals surface area contributed by atoms with Gasteiger partial charge in [-0.05, 0) is 57.4 Å². The zero-order valence-corrected chi connectivity index (χ0v) is 19.5. The molecule has 0 saturated carbocycles. The molecule has 0 aliphatic carbocycles. The van der Waals surface area contributed by atoms with Crippen molar-refractivity contribution in [3.8, 4) is 0 Å². The predicted molar refractivity (Wildman–Crippen MR) is 122 cm³/mol. The van der Waals surface area contributed by atoms with Crippen LogP contribution in [0.15, 0.2) is 47.4 Å². The normalized spacial score (nSPS) is 17.7. The number of hydrogen-bond acceptors (Lipinski definition) is 5. The highest BCUT2D eigenvalue weighted by Crippen LogP contribution is 2.26. The summed E-state index contributed by atoms with van der Waals surface area (Å²) in [5.74, 6) is -0.477. The van der Waals surface area contributed by atoms with Crippen molar-refractivity contribution in [1.29, 1.82) is 0 Å². The molecule has 0 radical (unpaired) electrons. The lowest BCUT2D eigenvalue weighted by Crippen LogP contribution is -2.45. The quantitative estimate of drug-likeness (QED) is 0.616. The minimum atomic E-state index is -3.73. The average Bonchev–Trinajstić information content (AvgIpc) is 3.22. The lowest BCUT2D eigenvalue weighted by atomic mass is 9.98. The number of nitrogens with zero attached hydrogens (tertiary/aromatic N) is 4. The molecular weight excluding hydrogens is 426 g/mol. The summed E-state index contributed by atoms with van der Waals surface area (Å²) in [4.78, 5) is 12.9. The molecule has 32 heavy (non-hydrogen) atoms. The van der Waals surface area contributed by atoms with Crippen LogP contribution in [0.4, 0.5) is 0 Å². The standard InChI is InChI=1S/C23H29N5O3S/c1-16(2)28-22-11-10-20(13-21(22)25-26-28)32(30,31)27-12-4-5-19(15-27)23(29)24-14-18-8-6-17(3)7-9-18/h6-11,13,16,19H,4-5,12,14-15H2,1-3H3,(H,24,29). The number of nitrogens with one attached hydrogen (secondary N) is 1. The zero-order valence-electron chi connectivity index (χ0n) is 18.7. The lowest BCUT2D eigenvalue weighted by molar-refractivity contribution is -0.126. The fraction of sp³-hybridized carbons (Fsp3) is 0.435. The maximum atomic E-state index is 13.3. The molecule has 1 saturated heterocycles. The fourth-order valence-corrected chi connectivity index (χ4v) is 5.57. The first-order valence-corrected chi connectivity index (χ1v) is 12.4. The second-order valence-electron chi connectivity index (χ2n) is 8.68. The Bertz CT molecular complexity index is 1220. The highest BCUT2D eigenvalue weighted by molar-refractivity contribution is 7.89. The van der Waals surface area contributed by atoms with Crippen molar-refractivity contribution in [3.05, 3.63) is 53.6 Å². The van der Waals surface area contributed by atoms with Gasteiger partial charge >= 0.3 is 0 Å². The number of rotatable bonds is 6. The molecule has 1 amide bonds. The number of piperidine rings is 1. The van der Waals surface area contributed by atoms with Gasteiger partial charge in [0.2, 0.25) is 15.9 Å². The number of aryl methyl sites for hydroxylation is 1. The molecule has 2 heterocycles. The zero-order chi connectivity index (χ0) is 22.9. The Hall–Kier alpha value is -2.78. The number of hydrogen-bond donors (Lipinski definition) is 1. The van der Waals surface area contributed by atoms with Crippen LogP contribution in [0.1, 0.15) is 43.9 Å². The fourth-order valence-electron chi connectivity index (χ4n) is 4.03. The van der Waals surface area contributed by atoms with Crippen LogP contribution in [0.5, 0.6) is 0 Å². The molecule has 1 aliphatic rings. The lowest BCUT2D eigenvalue weighted by Gasteiger charge is -2.31. The summed E-state index contributed by atoms with van der Waals surface area (Å²) in [6.07, 6.45) is 1.32. The van der Waals surface area contributed by atoms with E-state index in [4.69, 9.17) is 0 Å². The molecule has 3 aromatic rings. The Balaban J connectivity index is 1.46. The number of carbonyl (C=O) groups excluding carboxylic acids is 1. The molecule has 4 rings (SSSR count). The average molecular weight is 456 g/mol. The SMILES string of the molecule is Cc1ccc(CNC(=O)C2CCCN(S(=O)(=O)c3ccc4c(c3)nnn4C(C)C)C2)cc1. The van der Waals surface area contributed by atoms with Crippen LogP contribution in [-0.4, -0.2) is 46.7 Å². The first-order valence-electron chi connectivity index (χ1n) is 10.9. The van der Waals surface area contributed by atoms with Gasteiger partial charge in [0.15, 0.2) is 0 Å². The van der Waals surface area contributed by atoms with Crippen LogP contribution in [0, 0.1) is 12.8 Å². The highest BCUT2D eigenvalue weighted by atomic mass is 32.2. The first-order chi connectivity index (χ1) is 15.3. The molecule has 1 N–H and O–H groups in total. The van der Waals surface area contributed by atoms with E-state index >= 15 is 0 Å². The molecule has 170 valence electrons. The molecule has 1 unspecified atom stereocenters. The highest BCUT2D eigenvalue weighted by Gasteiger charge is 2.33. The molecular formula is C23H29N5O3S. The minimum Gasteiger partial charge on any atom is -0.352 e. The number of amides is 1. The van der Waals surface area contributed by atoms with Gasteiger partial charge in [0.05, 0.1) is 16.3 Å². The van der Waals surface area contributed by atoms with E-state index in [9.17, 15) is 13.2 Å². The molecule has 1 atom stereocenters. The van der Waals surface area contributed by atoms with Gasteiger partial charge in [0.25, 0.3) is 0 Å². The van der Waals surface area contributed by atoms with E-state index in [2.05, 4.69) is 15.6 Å². The summed E-state index contributed by atoms with van der Waals surface area (Å²) >= 11 is 0. The van der Waals surface area contributed by atoms with Crippen molar-refractivity contribution in [2.45, 2.75) is 51.1 Å². The largest absolute Gasteiger partial charge is 0.352 e. The Morgan fingerprint density at radius 1 is 1.19 bits per heavy atom. The molecule has 8 nitrogen and oxygen atoms in total. The van der Waals surface area contributed by atoms with Gasteiger partial charge in [-0.15, -0.1) is 5.10 Å². The summed E-state index contributed by atoms with van der Waals surface area (Å²) in [7, 11) is -3.73. The third-order valence-corrected chi connectivity index (χ3v) is 7.77. The minimum absolute atomic E-state index is 0.110. The van der Waals surface area contributed by atoms with Gasteiger partial charge in [-0.25, -0.2) is 13.1 Å². The van der Waals surface area contributed by atoms with Gasteiger partial charge in [-0.2, -0.15) is 4.31 Å². The molecule has 9 heteroatoms. The van der Waals surface area contributed by atoms with E-state index in [-0.39, 0.29) is 29.3 Å². The summed E-state index contributed by atoms with van der Waals surface area (Å²) in [5, 5.41) is 11.2. The van der Waals surface area contributed by atoms with Gasteiger partial charge in [0.1, 0.15) is 5.52 Å². The molecule has 1 aromatic heterocycles. The van der Waals surface area contributed by atoms with Gasteiger partial charge in [0, 0.05) is 25.7 Å². The van der Waals surface area contributed by atoms with E-state index in [1.165, 1.54) is 4.31 Å². The van der Waals surface area contributed by atoms with Crippen LogP contribution < -0.4 is 5.32 Å². The molecule has 2 aromatic carbocycles. The second-order valence-corrected chi connectivity index (χ2v) is 10.6. The summed E-state index contributed by atoms with van der Waals surface area (Å²) < 4.78 is 29.8. The Kier molecular flexibility index (Phi) is 6.30. The van der Waals surface area contributed by atoms with E-state index in [1.54, 1.807) is 22.9 Å². The van der Waals surface area contributed by atoms with Gasteiger partial charge in [-0.3, -0.25) is 4.79 Å². The van der Waals surface area contributed by atoms with Crippen LogP contribution in [0.25, 0.3) is 11.0 Å². The van der Waals surface area contributed by atoms with Crippen molar-refractivity contribution in [1.82, 2.24) is 24.6 Å². The van der Waals surface area contributed by atoms with Crippen molar-refractivity contribution in [3.63, 3.8) is 0 Å². The first kappa shape index (κ1) is 22.4. The predicted octanol–water partition coefficient (Wildman–Crippen LogP) is 3.04. The van der Waals surface area contributed by atoms with Crippen molar-refractivity contribution >= 4 is 27.0 Å².